The Kier molecular flexibility index (Phi) is 25.2. The van der Waals surface area contributed by atoms with Gasteiger partial charge in [0.15, 0.2) is 0 Å². The average molecular weight is 508 g/mol. The Balaban J connectivity index is 4.87. The summed E-state index contributed by atoms with van der Waals surface area (Å²) in [6, 6.07) is 0. The lowest BCUT2D eigenvalue weighted by Crippen LogP contribution is -2.28. The van der Waals surface area contributed by atoms with E-state index in [1.165, 1.54) is 141 Å². The van der Waals surface area contributed by atoms with Crippen LogP contribution in [-0.2, 0) is 0 Å². The van der Waals surface area contributed by atoms with Crippen LogP contribution in [0.2, 0.25) is 0 Å². The fraction of sp³-hybridized carbons (Fsp3) is 1.00. The zero-order chi connectivity index (χ0) is 27.0. The third-order valence-corrected chi connectivity index (χ3v) is 8.98. The minimum absolute atomic E-state index is 0.897. The summed E-state index contributed by atoms with van der Waals surface area (Å²) in [5.41, 5.74) is 0. The Hall–Kier alpha value is -0.0400. The van der Waals surface area contributed by atoms with E-state index in [9.17, 15) is 0 Å². The molecule has 36 heavy (non-hydrogen) atoms. The summed E-state index contributed by atoms with van der Waals surface area (Å²) < 4.78 is 0. The van der Waals surface area contributed by atoms with E-state index in [4.69, 9.17) is 0 Å². The molecule has 1 nitrogen and oxygen atoms in total. The molecule has 218 valence electrons. The molecule has 0 radical (unpaired) electrons. The standard InChI is InChI=1S/C35H73N/c1-9-12-15-21-31(4)24-18-27-34(28-19-25-32(5)22-16-13-10-2)35(30-36(7)8)29-20-26-33(6)23-17-14-11-3/h31-35H,9-30H2,1-8H3. The average Bonchev–Trinajstić information content (AvgIpc) is 2.83. The molecule has 4 atom stereocenters. The second kappa shape index (κ2) is 25.2. The summed E-state index contributed by atoms with van der Waals surface area (Å²) in [5, 5.41) is 0. The molecule has 0 spiro atoms. The maximum absolute atomic E-state index is 2.51. The number of unbranched alkanes of at least 4 members (excludes halogenated alkanes) is 6. The lowest BCUT2D eigenvalue weighted by molar-refractivity contribution is 0.194. The monoisotopic (exact) mass is 508 g/mol. The normalized spacial score (nSPS) is 16.2. The predicted molar refractivity (Wildman–Crippen MR) is 167 cm³/mol. The molecule has 4 unspecified atom stereocenters. The molecule has 0 saturated carbocycles. The molecule has 0 N–H and O–H groups in total. The SMILES string of the molecule is CCCCCC(C)CCCC(CCCC(C)CCCCC)C(CCCC(C)CCCCC)CN(C)C. The molecule has 0 amide bonds. The van der Waals surface area contributed by atoms with Gasteiger partial charge in [-0.1, -0.05) is 170 Å². The largest absolute Gasteiger partial charge is 0.309 e. The molecule has 0 rings (SSSR count). The Morgan fingerprint density at radius 1 is 0.389 bits per heavy atom. The van der Waals surface area contributed by atoms with Crippen LogP contribution in [0.3, 0.4) is 0 Å². The van der Waals surface area contributed by atoms with Crippen molar-refractivity contribution in [1.82, 2.24) is 4.90 Å². The zero-order valence-electron chi connectivity index (χ0n) is 26.9. The lowest BCUT2D eigenvalue weighted by Gasteiger charge is -2.31. The third-order valence-electron chi connectivity index (χ3n) is 8.98. The van der Waals surface area contributed by atoms with Crippen LogP contribution in [0.5, 0.6) is 0 Å². The van der Waals surface area contributed by atoms with Crippen LogP contribution < -0.4 is 0 Å². The van der Waals surface area contributed by atoms with Gasteiger partial charge in [-0.05, 0) is 50.1 Å². The third kappa shape index (κ3) is 22.0. The first-order valence-corrected chi connectivity index (χ1v) is 17.0. The van der Waals surface area contributed by atoms with Crippen LogP contribution in [0.1, 0.15) is 176 Å². The molecule has 0 aliphatic heterocycles. The molecule has 0 aromatic rings. The Morgan fingerprint density at radius 2 is 0.694 bits per heavy atom. The second-order valence-electron chi connectivity index (χ2n) is 13.4. The van der Waals surface area contributed by atoms with E-state index >= 15 is 0 Å². The van der Waals surface area contributed by atoms with E-state index < -0.39 is 0 Å². The fourth-order valence-corrected chi connectivity index (χ4v) is 6.41. The van der Waals surface area contributed by atoms with Gasteiger partial charge in [-0.3, -0.25) is 0 Å². The maximum atomic E-state index is 2.51. The van der Waals surface area contributed by atoms with Crippen molar-refractivity contribution in [3.05, 3.63) is 0 Å². The van der Waals surface area contributed by atoms with Crippen LogP contribution in [0, 0.1) is 29.6 Å². The fourth-order valence-electron chi connectivity index (χ4n) is 6.41. The van der Waals surface area contributed by atoms with E-state index in [0.717, 1.165) is 29.6 Å². The van der Waals surface area contributed by atoms with Crippen molar-refractivity contribution >= 4 is 0 Å². The van der Waals surface area contributed by atoms with Crippen LogP contribution in [0.25, 0.3) is 0 Å². The molecule has 0 aromatic carbocycles. The van der Waals surface area contributed by atoms with Crippen LogP contribution in [0.15, 0.2) is 0 Å². The molecule has 0 saturated heterocycles. The molecule has 1 heteroatoms. The van der Waals surface area contributed by atoms with Crippen molar-refractivity contribution in [3.63, 3.8) is 0 Å². The van der Waals surface area contributed by atoms with E-state index in [2.05, 4.69) is 60.5 Å². The van der Waals surface area contributed by atoms with Gasteiger partial charge in [-0.15, -0.1) is 0 Å². The Bertz CT molecular complexity index is 408. The van der Waals surface area contributed by atoms with Crippen LogP contribution in [-0.4, -0.2) is 25.5 Å². The summed E-state index contributed by atoms with van der Waals surface area (Å²) in [6.45, 7) is 15.8. The van der Waals surface area contributed by atoms with Gasteiger partial charge < -0.3 is 4.90 Å². The van der Waals surface area contributed by atoms with E-state index in [-0.39, 0.29) is 0 Å². The van der Waals surface area contributed by atoms with Gasteiger partial charge in [0.2, 0.25) is 0 Å². The molecule has 0 fully saturated rings. The van der Waals surface area contributed by atoms with Gasteiger partial charge in [0.05, 0.1) is 0 Å². The van der Waals surface area contributed by atoms with Crippen molar-refractivity contribution in [1.29, 1.82) is 0 Å². The van der Waals surface area contributed by atoms with Gasteiger partial charge in [0.1, 0.15) is 0 Å². The number of rotatable bonds is 27. The van der Waals surface area contributed by atoms with Crippen molar-refractivity contribution in [2.24, 2.45) is 29.6 Å². The first kappa shape index (κ1) is 36.0. The van der Waals surface area contributed by atoms with E-state index in [1.54, 1.807) is 0 Å². The van der Waals surface area contributed by atoms with Crippen molar-refractivity contribution < 1.29 is 0 Å². The number of hydrogen-bond donors (Lipinski definition) is 0. The van der Waals surface area contributed by atoms with Crippen LogP contribution >= 0.6 is 0 Å². The first-order valence-electron chi connectivity index (χ1n) is 17.0. The summed E-state index contributed by atoms with van der Waals surface area (Å²) in [6.07, 6.45) is 30.1. The highest BCUT2D eigenvalue weighted by Gasteiger charge is 2.22. The smallest absolute Gasteiger partial charge is 0.000621 e. The van der Waals surface area contributed by atoms with Crippen molar-refractivity contribution in [2.45, 2.75) is 176 Å². The van der Waals surface area contributed by atoms with Gasteiger partial charge in [-0.25, -0.2) is 0 Å². The molecule has 0 aliphatic rings. The summed E-state index contributed by atoms with van der Waals surface area (Å²) in [7, 11) is 4.62. The van der Waals surface area contributed by atoms with Crippen molar-refractivity contribution in [2.75, 3.05) is 20.6 Å². The Labute approximate surface area is 231 Å². The highest BCUT2D eigenvalue weighted by molar-refractivity contribution is 4.75. The molecule has 0 bridgehead atoms. The van der Waals surface area contributed by atoms with Gasteiger partial charge in [-0.2, -0.15) is 0 Å². The maximum Gasteiger partial charge on any atom is 0.000621 e. The topological polar surface area (TPSA) is 3.24 Å². The van der Waals surface area contributed by atoms with Crippen molar-refractivity contribution in [3.8, 4) is 0 Å². The lowest BCUT2D eigenvalue weighted by atomic mass is 9.79. The summed E-state index contributed by atoms with van der Waals surface area (Å²) >= 11 is 0. The van der Waals surface area contributed by atoms with E-state index in [0.29, 0.717) is 0 Å². The first-order chi connectivity index (χ1) is 17.3. The van der Waals surface area contributed by atoms with Gasteiger partial charge >= 0.3 is 0 Å². The summed E-state index contributed by atoms with van der Waals surface area (Å²) in [5.74, 6) is 4.60. The second-order valence-corrected chi connectivity index (χ2v) is 13.4. The highest BCUT2D eigenvalue weighted by atomic mass is 15.1. The quantitative estimate of drug-likeness (QED) is 0.0999. The Morgan fingerprint density at radius 3 is 1.00 bits per heavy atom. The molecule has 0 aromatic heterocycles. The van der Waals surface area contributed by atoms with E-state index in [1.807, 2.05) is 0 Å². The number of nitrogens with zero attached hydrogens (tertiary/aromatic N) is 1. The number of hydrogen-bond acceptors (Lipinski definition) is 1. The molecule has 0 heterocycles. The summed E-state index contributed by atoms with van der Waals surface area (Å²) in [4.78, 5) is 2.49. The van der Waals surface area contributed by atoms with Gasteiger partial charge in [0, 0.05) is 6.54 Å². The zero-order valence-corrected chi connectivity index (χ0v) is 26.9. The molecule has 0 aliphatic carbocycles. The predicted octanol–water partition coefficient (Wildman–Crippen LogP) is 11.9. The minimum Gasteiger partial charge on any atom is -0.309 e. The minimum atomic E-state index is 0.897. The highest BCUT2D eigenvalue weighted by Crippen LogP contribution is 2.32. The van der Waals surface area contributed by atoms with Gasteiger partial charge in [0.25, 0.3) is 0 Å². The molecular formula is C35H73N. The molecular weight excluding hydrogens is 434 g/mol. The van der Waals surface area contributed by atoms with Crippen LogP contribution in [0.4, 0.5) is 0 Å².